The molecule has 0 unspecified atom stereocenters. The van der Waals surface area contributed by atoms with Crippen molar-refractivity contribution in [3.8, 4) is 0 Å². The molecule has 0 saturated carbocycles. The number of hydrogen-bond donors (Lipinski definition) is 1. The molecule has 0 aliphatic heterocycles. The van der Waals surface area contributed by atoms with E-state index in [9.17, 15) is 9.59 Å². The number of carbonyl (C=O) groups is 1. The number of nitrogens with zero attached hydrogens (tertiary/aromatic N) is 2. The molecule has 0 bridgehead atoms. The van der Waals surface area contributed by atoms with Crippen LogP contribution in [0.1, 0.15) is 42.4 Å². The first-order chi connectivity index (χ1) is 11.8. The van der Waals surface area contributed by atoms with Gasteiger partial charge in [-0.25, -0.2) is 0 Å². The van der Waals surface area contributed by atoms with E-state index in [0.717, 1.165) is 10.9 Å². The number of pyridine rings is 1. The molecule has 2 heterocycles. The van der Waals surface area contributed by atoms with Crippen molar-refractivity contribution in [1.82, 2.24) is 14.8 Å². The lowest BCUT2D eigenvalue weighted by molar-refractivity contribution is 0.104. The van der Waals surface area contributed by atoms with Crippen molar-refractivity contribution in [3.63, 3.8) is 0 Å². The minimum Gasteiger partial charge on any atom is -0.321 e. The highest BCUT2D eigenvalue weighted by Gasteiger charge is 2.18. The van der Waals surface area contributed by atoms with Crippen molar-refractivity contribution < 1.29 is 4.79 Å². The van der Waals surface area contributed by atoms with Crippen molar-refractivity contribution in [3.05, 3.63) is 69.8 Å². The molecule has 0 amide bonds. The van der Waals surface area contributed by atoms with Crippen LogP contribution in [0, 0.1) is 6.92 Å². The van der Waals surface area contributed by atoms with Crippen molar-refractivity contribution in [2.24, 2.45) is 0 Å². The molecule has 0 fully saturated rings. The molecule has 5 heteroatoms. The summed E-state index contributed by atoms with van der Waals surface area (Å²) in [6.07, 6.45) is 4.74. The van der Waals surface area contributed by atoms with E-state index in [0.29, 0.717) is 16.8 Å². The van der Waals surface area contributed by atoms with Crippen molar-refractivity contribution in [1.29, 1.82) is 0 Å². The number of benzene rings is 1. The van der Waals surface area contributed by atoms with Gasteiger partial charge in [0.25, 0.3) is 5.56 Å². The molecule has 0 aliphatic carbocycles. The van der Waals surface area contributed by atoms with Gasteiger partial charge < -0.3 is 4.98 Å². The van der Waals surface area contributed by atoms with Gasteiger partial charge in [-0.15, -0.1) is 0 Å². The van der Waals surface area contributed by atoms with Crippen LogP contribution in [-0.4, -0.2) is 20.5 Å². The fraction of sp³-hybridized carbons (Fsp3) is 0.250. The molecule has 5 nitrogen and oxygen atoms in total. The molecule has 0 saturated heterocycles. The largest absolute Gasteiger partial charge is 0.321 e. The number of ketones is 1. The van der Waals surface area contributed by atoms with Gasteiger partial charge in [0, 0.05) is 17.3 Å². The van der Waals surface area contributed by atoms with E-state index in [1.54, 1.807) is 23.0 Å². The van der Waals surface area contributed by atoms with Gasteiger partial charge in [0.15, 0.2) is 5.78 Å². The first-order valence-corrected chi connectivity index (χ1v) is 8.17. The van der Waals surface area contributed by atoms with Crippen molar-refractivity contribution in [2.45, 2.75) is 33.2 Å². The fourth-order valence-corrected chi connectivity index (χ4v) is 2.59. The van der Waals surface area contributed by atoms with E-state index < -0.39 is 0 Å². The summed E-state index contributed by atoms with van der Waals surface area (Å²) in [7, 11) is 0. The maximum absolute atomic E-state index is 12.5. The third-order valence-corrected chi connectivity index (χ3v) is 4.05. The van der Waals surface area contributed by atoms with E-state index in [-0.39, 0.29) is 16.9 Å². The number of H-pyrrole nitrogens is 1. The Balaban J connectivity index is 1.92. The summed E-state index contributed by atoms with van der Waals surface area (Å²) in [5.74, 6) is -0.166. The van der Waals surface area contributed by atoms with Gasteiger partial charge >= 0.3 is 0 Å². The van der Waals surface area contributed by atoms with E-state index in [4.69, 9.17) is 0 Å². The highest BCUT2D eigenvalue weighted by atomic mass is 16.1. The predicted octanol–water partition coefficient (Wildman–Crippen LogP) is 3.68. The Labute approximate surface area is 146 Å². The van der Waals surface area contributed by atoms with Crippen molar-refractivity contribution in [2.75, 3.05) is 0 Å². The lowest BCUT2D eigenvalue weighted by atomic mass is 10.1. The molecule has 1 N–H and O–H groups in total. The van der Waals surface area contributed by atoms with E-state index >= 15 is 0 Å². The quantitative estimate of drug-likeness (QED) is 0.586. The van der Waals surface area contributed by atoms with Crippen LogP contribution < -0.4 is 5.56 Å². The van der Waals surface area contributed by atoms with Crippen LogP contribution >= 0.6 is 0 Å². The standard InChI is InChI=1S/C20H21N3O2/c1-13-16(12-23(22-13)20(2,3)4)18(24)10-9-15-11-14-7-5-6-8-17(14)21-19(15)25/h5-12H,1-4H3,(H,21,25)/b10-9+. The number of fused-ring (bicyclic) bond motifs is 1. The number of nitrogens with one attached hydrogen (secondary N) is 1. The second-order valence-electron chi connectivity index (χ2n) is 7.08. The summed E-state index contributed by atoms with van der Waals surface area (Å²) in [4.78, 5) is 27.5. The average molecular weight is 335 g/mol. The van der Waals surface area contributed by atoms with Gasteiger partial charge in [0.2, 0.25) is 0 Å². The van der Waals surface area contributed by atoms with Gasteiger partial charge in [0.1, 0.15) is 0 Å². The number of hydrogen-bond acceptors (Lipinski definition) is 3. The Hall–Kier alpha value is -2.95. The molecule has 0 spiro atoms. The topological polar surface area (TPSA) is 67.8 Å². The van der Waals surface area contributed by atoms with Gasteiger partial charge in [-0.3, -0.25) is 14.3 Å². The number of rotatable bonds is 3. The second-order valence-corrected chi connectivity index (χ2v) is 7.08. The van der Waals surface area contributed by atoms with Crippen LogP contribution in [-0.2, 0) is 5.54 Å². The maximum atomic E-state index is 12.5. The zero-order valence-electron chi connectivity index (χ0n) is 14.8. The number of aryl methyl sites for hydroxylation is 1. The van der Waals surface area contributed by atoms with Gasteiger partial charge in [0.05, 0.1) is 16.8 Å². The van der Waals surface area contributed by atoms with Gasteiger partial charge in [-0.2, -0.15) is 5.10 Å². The molecule has 0 atom stereocenters. The van der Waals surface area contributed by atoms with Crippen molar-refractivity contribution >= 4 is 22.8 Å². The molecule has 0 aliphatic rings. The number of allylic oxidation sites excluding steroid dienone is 1. The summed E-state index contributed by atoms with van der Waals surface area (Å²) in [5.41, 5.74) is 2.04. The molecule has 0 radical (unpaired) electrons. The number of aromatic amines is 1. The predicted molar refractivity (Wildman–Crippen MR) is 99.9 cm³/mol. The zero-order chi connectivity index (χ0) is 18.2. The normalized spacial score (nSPS) is 12.2. The van der Waals surface area contributed by atoms with Crippen LogP contribution in [0.5, 0.6) is 0 Å². The summed E-state index contributed by atoms with van der Waals surface area (Å²) in [6, 6.07) is 9.32. The highest BCUT2D eigenvalue weighted by Crippen LogP contribution is 2.17. The Morgan fingerprint density at radius 3 is 2.64 bits per heavy atom. The van der Waals surface area contributed by atoms with E-state index in [1.807, 2.05) is 52.0 Å². The first-order valence-electron chi connectivity index (χ1n) is 8.17. The van der Waals surface area contributed by atoms with Crippen LogP contribution in [0.25, 0.3) is 17.0 Å². The third-order valence-electron chi connectivity index (χ3n) is 4.05. The lowest BCUT2D eigenvalue weighted by Gasteiger charge is -2.18. The van der Waals surface area contributed by atoms with Crippen LogP contribution in [0.4, 0.5) is 0 Å². The Kier molecular flexibility index (Phi) is 4.17. The monoisotopic (exact) mass is 335 g/mol. The molecule has 2 aromatic heterocycles. The summed E-state index contributed by atoms with van der Waals surface area (Å²) in [5, 5.41) is 5.33. The van der Waals surface area contributed by atoms with Gasteiger partial charge in [-0.05, 0) is 57.4 Å². The zero-order valence-corrected chi connectivity index (χ0v) is 14.8. The summed E-state index contributed by atoms with van der Waals surface area (Å²) in [6.45, 7) is 7.89. The highest BCUT2D eigenvalue weighted by molar-refractivity contribution is 6.07. The molecule has 1 aromatic carbocycles. The second kappa shape index (κ2) is 6.16. The average Bonchev–Trinajstić information content (AvgIpc) is 2.95. The number of aromatic nitrogens is 3. The van der Waals surface area contributed by atoms with E-state index in [2.05, 4.69) is 10.1 Å². The Morgan fingerprint density at radius 1 is 1.24 bits per heavy atom. The summed E-state index contributed by atoms with van der Waals surface area (Å²) < 4.78 is 1.78. The Bertz CT molecular complexity index is 1030. The smallest absolute Gasteiger partial charge is 0.255 e. The molecular formula is C20H21N3O2. The number of carbonyl (C=O) groups excluding carboxylic acids is 1. The molecular weight excluding hydrogens is 314 g/mol. The fourth-order valence-electron chi connectivity index (χ4n) is 2.59. The minimum atomic E-state index is -0.218. The lowest BCUT2D eigenvalue weighted by Crippen LogP contribution is -2.22. The minimum absolute atomic E-state index is 0.166. The molecule has 3 aromatic rings. The first kappa shape index (κ1) is 16.9. The summed E-state index contributed by atoms with van der Waals surface area (Å²) >= 11 is 0. The molecule has 25 heavy (non-hydrogen) atoms. The van der Waals surface area contributed by atoms with Crippen LogP contribution in [0.2, 0.25) is 0 Å². The van der Waals surface area contributed by atoms with Crippen LogP contribution in [0.3, 0.4) is 0 Å². The van der Waals surface area contributed by atoms with Gasteiger partial charge in [-0.1, -0.05) is 18.2 Å². The SMILES string of the molecule is Cc1nn(C(C)(C)C)cc1C(=O)/C=C/c1cc2ccccc2[nH]c1=O. The maximum Gasteiger partial charge on any atom is 0.255 e. The molecule has 128 valence electrons. The third kappa shape index (κ3) is 3.45. The molecule has 3 rings (SSSR count). The van der Waals surface area contributed by atoms with Crippen LogP contribution in [0.15, 0.2) is 47.4 Å². The Morgan fingerprint density at radius 2 is 1.96 bits per heavy atom. The number of para-hydroxylation sites is 1. The van der Waals surface area contributed by atoms with E-state index in [1.165, 1.54) is 6.08 Å².